The first-order chi connectivity index (χ1) is 16.7. The molecule has 0 aliphatic carbocycles. The number of benzene rings is 2. The second-order valence-corrected chi connectivity index (χ2v) is 9.96. The molecule has 4 aromatic rings. The van der Waals surface area contributed by atoms with Crippen LogP contribution in [0.25, 0.3) is 17.1 Å². The Morgan fingerprint density at radius 3 is 2.44 bits per heavy atom. The molecule has 0 spiro atoms. The van der Waals surface area contributed by atoms with Gasteiger partial charge in [-0.2, -0.15) is 0 Å². The molecule has 1 fully saturated rings. The summed E-state index contributed by atoms with van der Waals surface area (Å²) in [4.78, 5) is 18.6. The smallest absolute Gasteiger partial charge is 0.233 e. The Balaban J connectivity index is 1.27. The molecule has 1 aliphatic heterocycles. The molecule has 0 unspecified atom stereocenters. The first-order valence-electron chi connectivity index (χ1n) is 11.1. The summed E-state index contributed by atoms with van der Waals surface area (Å²) in [5, 5.41) is 11.3. The Hall–Kier alpha value is -3.01. The quantitative estimate of drug-likeness (QED) is 0.353. The lowest BCUT2D eigenvalue weighted by Gasteiger charge is -2.34. The standard InChI is InChI=1S/C25H24FN5OS2/c26-22-11-5-4-10-21(22)24-27-28-25(31(24)19-7-2-1-3-8-19)34-18-23(32)30-14-12-29(13-15-30)17-20-9-6-16-33-20/h1-11,16H,12-15,17-18H2. The molecular weight excluding hydrogens is 469 g/mol. The highest BCUT2D eigenvalue weighted by molar-refractivity contribution is 7.99. The normalized spacial score (nSPS) is 14.4. The average Bonchev–Trinajstić information content (AvgIpc) is 3.54. The van der Waals surface area contributed by atoms with Crippen LogP contribution in [0, 0.1) is 5.82 Å². The number of carbonyl (C=O) groups excluding carboxylic acids is 1. The van der Waals surface area contributed by atoms with Crippen LogP contribution < -0.4 is 0 Å². The Bertz CT molecular complexity index is 1240. The van der Waals surface area contributed by atoms with Crippen molar-refractivity contribution in [2.24, 2.45) is 0 Å². The van der Waals surface area contributed by atoms with Gasteiger partial charge in [0.2, 0.25) is 5.91 Å². The van der Waals surface area contributed by atoms with E-state index in [1.165, 1.54) is 22.7 Å². The van der Waals surface area contributed by atoms with E-state index in [1.807, 2.05) is 39.8 Å². The second kappa shape index (κ2) is 10.5. The third kappa shape index (κ3) is 5.06. The molecular formula is C25H24FN5OS2. The van der Waals surface area contributed by atoms with Crippen LogP contribution in [0.4, 0.5) is 4.39 Å². The predicted molar refractivity (Wildman–Crippen MR) is 134 cm³/mol. The third-order valence-electron chi connectivity index (χ3n) is 5.77. The first-order valence-corrected chi connectivity index (χ1v) is 13.0. The molecule has 2 aromatic heterocycles. The van der Waals surface area contributed by atoms with E-state index in [0.29, 0.717) is 16.5 Å². The molecule has 0 radical (unpaired) electrons. The van der Waals surface area contributed by atoms with Crippen molar-refractivity contribution in [3.05, 3.63) is 82.8 Å². The zero-order valence-electron chi connectivity index (χ0n) is 18.5. The van der Waals surface area contributed by atoms with Crippen LogP contribution in [0.2, 0.25) is 0 Å². The van der Waals surface area contributed by atoms with Gasteiger partial charge >= 0.3 is 0 Å². The molecule has 0 saturated carbocycles. The molecule has 9 heteroatoms. The molecule has 174 valence electrons. The maximum atomic E-state index is 14.5. The van der Waals surface area contributed by atoms with Crippen molar-refractivity contribution in [3.63, 3.8) is 0 Å². The minimum atomic E-state index is -0.361. The van der Waals surface area contributed by atoms with Gasteiger partial charge in [-0.1, -0.05) is 48.2 Å². The van der Waals surface area contributed by atoms with Crippen molar-refractivity contribution in [3.8, 4) is 17.1 Å². The van der Waals surface area contributed by atoms with Gasteiger partial charge in [0.15, 0.2) is 11.0 Å². The van der Waals surface area contributed by atoms with Crippen molar-refractivity contribution in [1.29, 1.82) is 0 Å². The van der Waals surface area contributed by atoms with Gasteiger partial charge in [-0.3, -0.25) is 14.3 Å². The summed E-state index contributed by atoms with van der Waals surface area (Å²) < 4.78 is 16.4. The van der Waals surface area contributed by atoms with Gasteiger partial charge in [-0.15, -0.1) is 21.5 Å². The van der Waals surface area contributed by atoms with Gasteiger partial charge in [0.05, 0.1) is 11.3 Å². The summed E-state index contributed by atoms with van der Waals surface area (Å²) in [5.41, 5.74) is 1.20. The topological polar surface area (TPSA) is 54.3 Å². The molecule has 0 N–H and O–H groups in total. The molecule has 0 bridgehead atoms. The van der Waals surface area contributed by atoms with Crippen LogP contribution in [0.1, 0.15) is 4.88 Å². The fourth-order valence-corrected chi connectivity index (χ4v) is 5.59. The van der Waals surface area contributed by atoms with Crippen LogP contribution in [0.3, 0.4) is 0 Å². The van der Waals surface area contributed by atoms with E-state index in [9.17, 15) is 9.18 Å². The van der Waals surface area contributed by atoms with Crippen LogP contribution in [-0.2, 0) is 11.3 Å². The fourth-order valence-electron chi connectivity index (χ4n) is 3.99. The number of aromatic nitrogens is 3. The van der Waals surface area contributed by atoms with Crippen molar-refractivity contribution in [1.82, 2.24) is 24.6 Å². The molecule has 1 saturated heterocycles. The fraction of sp³-hybridized carbons (Fsp3) is 0.240. The lowest BCUT2D eigenvalue weighted by atomic mass is 10.2. The van der Waals surface area contributed by atoms with Crippen LogP contribution in [-0.4, -0.2) is 62.4 Å². The van der Waals surface area contributed by atoms with Gasteiger partial charge in [0, 0.05) is 43.3 Å². The highest BCUT2D eigenvalue weighted by atomic mass is 32.2. The lowest BCUT2D eigenvalue weighted by Crippen LogP contribution is -2.48. The summed E-state index contributed by atoms with van der Waals surface area (Å²) in [6.07, 6.45) is 0. The van der Waals surface area contributed by atoms with E-state index in [-0.39, 0.29) is 17.5 Å². The maximum Gasteiger partial charge on any atom is 0.233 e. The summed E-state index contributed by atoms with van der Waals surface area (Å²) >= 11 is 3.10. The van der Waals surface area contributed by atoms with Crippen molar-refractivity contribution < 1.29 is 9.18 Å². The number of para-hydroxylation sites is 1. The summed E-state index contributed by atoms with van der Waals surface area (Å²) in [7, 11) is 0. The Labute approximate surface area is 206 Å². The van der Waals surface area contributed by atoms with E-state index < -0.39 is 0 Å². The molecule has 1 amide bonds. The van der Waals surface area contributed by atoms with E-state index in [0.717, 1.165) is 38.4 Å². The largest absolute Gasteiger partial charge is 0.339 e. The van der Waals surface area contributed by atoms with Crippen LogP contribution >= 0.6 is 23.1 Å². The number of halogens is 1. The molecule has 34 heavy (non-hydrogen) atoms. The minimum absolute atomic E-state index is 0.0795. The Kier molecular flexibility index (Phi) is 7.03. The number of amides is 1. The summed E-state index contributed by atoms with van der Waals surface area (Å²) in [6, 6.07) is 20.3. The highest BCUT2D eigenvalue weighted by Crippen LogP contribution is 2.29. The van der Waals surface area contributed by atoms with Crippen LogP contribution in [0.15, 0.2) is 77.3 Å². The monoisotopic (exact) mass is 493 g/mol. The van der Waals surface area contributed by atoms with E-state index in [1.54, 1.807) is 29.5 Å². The summed E-state index contributed by atoms with van der Waals surface area (Å²) in [6.45, 7) is 4.11. The Morgan fingerprint density at radius 2 is 1.71 bits per heavy atom. The molecule has 3 heterocycles. The average molecular weight is 494 g/mol. The van der Waals surface area contributed by atoms with Crippen molar-refractivity contribution >= 4 is 29.0 Å². The van der Waals surface area contributed by atoms with Crippen LogP contribution in [0.5, 0.6) is 0 Å². The first kappa shape index (κ1) is 22.8. The Morgan fingerprint density at radius 1 is 0.941 bits per heavy atom. The van der Waals surface area contributed by atoms with Gasteiger partial charge in [-0.05, 0) is 35.7 Å². The number of nitrogens with zero attached hydrogens (tertiary/aromatic N) is 5. The maximum absolute atomic E-state index is 14.5. The molecule has 1 aliphatic rings. The second-order valence-electron chi connectivity index (χ2n) is 7.98. The molecule has 2 aromatic carbocycles. The zero-order chi connectivity index (χ0) is 23.3. The van der Waals surface area contributed by atoms with E-state index in [2.05, 4.69) is 32.6 Å². The molecule has 5 rings (SSSR count). The predicted octanol–water partition coefficient (Wildman–Crippen LogP) is 4.57. The summed E-state index contributed by atoms with van der Waals surface area (Å²) in [5.74, 6) is 0.394. The number of hydrogen-bond acceptors (Lipinski definition) is 6. The number of thiophene rings is 1. The highest BCUT2D eigenvalue weighted by Gasteiger charge is 2.23. The number of thioether (sulfide) groups is 1. The number of piperazine rings is 1. The molecule has 6 nitrogen and oxygen atoms in total. The van der Waals surface area contributed by atoms with E-state index in [4.69, 9.17) is 0 Å². The number of carbonyl (C=O) groups is 1. The van der Waals surface area contributed by atoms with Gasteiger partial charge in [-0.25, -0.2) is 4.39 Å². The van der Waals surface area contributed by atoms with Gasteiger partial charge < -0.3 is 4.90 Å². The molecule has 0 atom stereocenters. The van der Waals surface area contributed by atoms with Crippen molar-refractivity contribution in [2.45, 2.75) is 11.7 Å². The minimum Gasteiger partial charge on any atom is -0.339 e. The van der Waals surface area contributed by atoms with E-state index >= 15 is 0 Å². The zero-order valence-corrected chi connectivity index (χ0v) is 20.1. The number of rotatable bonds is 7. The van der Waals surface area contributed by atoms with Gasteiger partial charge in [0.1, 0.15) is 5.82 Å². The van der Waals surface area contributed by atoms with Crippen molar-refractivity contribution in [2.75, 3.05) is 31.9 Å². The third-order valence-corrected chi connectivity index (χ3v) is 7.55. The van der Waals surface area contributed by atoms with Gasteiger partial charge in [0.25, 0.3) is 0 Å². The lowest BCUT2D eigenvalue weighted by molar-refractivity contribution is -0.130. The number of hydrogen-bond donors (Lipinski definition) is 0. The SMILES string of the molecule is O=C(CSc1nnc(-c2ccccc2F)n1-c1ccccc1)N1CCN(Cc2cccs2)CC1.